The average Bonchev–Trinajstić information content (AvgIpc) is 2.54. The molecule has 0 aromatic heterocycles. The smallest absolute Gasteiger partial charge is 0.303 e. The van der Waals surface area contributed by atoms with E-state index in [0.29, 0.717) is 11.3 Å². The van der Waals surface area contributed by atoms with Crippen LogP contribution in [0.4, 0.5) is 10.1 Å². The maximum Gasteiger partial charge on any atom is 0.303 e. The topological polar surface area (TPSA) is 109 Å². The van der Waals surface area contributed by atoms with E-state index in [4.69, 9.17) is 10.8 Å². The van der Waals surface area contributed by atoms with Crippen molar-refractivity contribution in [3.8, 4) is 0 Å². The number of nitrogens with one attached hydrogen (secondary N) is 1. The second kappa shape index (κ2) is 8.05. The second-order valence-corrected chi connectivity index (χ2v) is 5.54. The van der Waals surface area contributed by atoms with E-state index in [1.54, 1.807) is 12.1 Å². The first-order chi connectivity index (χ1) is 11.8. The van der Waals surface area contributed by atoms with Crippen LogP contribution in [0.3, 0.4) is 0 Å². The Morgan fingerprint density at radius 2 is 1.76 bits per heavy atom. The number of carbonyl (C=O) groups excluding carboxylic acids is 2. The number of carboxylic acids is 1. The monoisotopic (exact) mass is 344 g/mol. The SMILES string of the molecule is NC(=O)c1cccc(NC(=O)C[C@H](CC(=O)O)c2ccc(F)cc2)c1. The lowest BCUT2D eigenvalue weighted by atomic mass is 9.92. The Labute approximate surface area is 143 Å². The molecule has 0 spiro atoms. The van der Waals surface area contributed by atoms with Crippen LogP contribution in [0.1, 0.15) is 34.7 Å². The number of primary amides is 1. The Bertz CT molecular complexity index is 790. The molecule has 130 valence electrons. The molecule has 25 heavy (non-hydrogen) atoms. The molecular formula is C18H17FN2O4. The summed E-state index contributed by atoms with van der Waals surface area (Å²) in [6, 6.07) is 11.5. The van der Waals surface area contributed by atoms with E-state index in [1.807, 2.05) is 0 Å². The standard InChI is InChI=1S/C18H17FN2O4/c19-14-6-4-11(5-7-14)13(10-17(23)24)9-16(22)21-15-3-1-2-12(8-15)18(20)25/h1-8,13H,9-10H2,(H2,20,25)(H,21,22)(H,23,24)/t13-/m1/s1. The summed E-state index contributed by atoms with van der Waals surface area (Å²) in [5, 5.41) is 11.7. The van der Waals surface area contributed by atoms with Gasteiger partial charge in [-0.25, -0.2) is 4.39 Å². The number of anilines is 1. The van der Waals surface area contributed by atoms with E-state index in [0.717, 1.165) is 0 Å². The van der Waals surface area contributed by atoms with Gasteiger partial charge in [0.15, 0.2) is 0 Å². The molecule has 2 aromatic rings. The van der Waals surface area contributed by atoms with Gasteiger partial charge in [-0.15, -0.1) is 0 Å². The highest BCUT2D eigenvalue weighted by molar-refractivity contribution is 5.96. The van der Waals surface area contributed by atoms with Crippen LogP contribution in [0.5, 0.6) is 0 Å². The molecule has 2 rings (SSSR count). The molecule has 0 radical (unpaired) electrons. The van der Waals surface area contributed by atoms with Crippen molar-refractivity contribution in [2.75, 3.05) is 5.32 Å². The molecule has 0 unspecified atom stereocenters. The third-order valence-electron chi connectivity index (χ3n) is 3.63. The van der Waals surface area contributed by atoms with Gasteiger partial charge in [-0.05, 0) is 35.9 Å². The lowest BCUT2D eigenvalue weighted by molar-refractivity contribution is -0.137. The summed E-state index contributed by atoms with van der Waals surface area (Å²) in [6.07, 6.45) is -0.362. The Morgan fingerprint density at radius 3 is 2.36 bits per heavy atom. The molecule has 0 bridgehead atoms. The minimum atomic E-state index is -1.06. The van der Waals surface area contributed by atoms with E-state index < -0.39 is 29.5 Å². The van der Waals surface area contributed by atoms with Crippen LogP contribution in [-0.2, 0) is 9.59 Å². The van der Waals surface area contributed by atoms with Gasteiger partial charge in [0.2, 0.25) is 11.8 Å². The van der Waals surface area contributed by atoms with Crippen LogP contribution >= 0.6 is 0 Å². The first-order valence-electron chi connectivity index (χ1n) is 7.52. The molecule has 0 heterocycles. The zero-order valence-electron chi connectivity index (χ0n) is 13.2. The van der Waals surface area contributed by atoms with Crippen LogP contribution in [-0.4, -0.2) is 22.9 Å². The van der Waals surface area contributed by atoms with Gasteiger partial charge < -0.3 is 16.2 Å². The normalized spacial score (nSPS) is 11.6. The van der Waals surface area contributed by atoms with Crippen molar-refractivity contribution < 1.29 is 23.9 Å². The third-order valence-corrected chi connectivity index (χ3v) is 3.63. The lowest BCUT2D eigenvalue weighted by Gasteiger charge is -2.15. The minimum absolute atomic E-state index is 0.0985. The van der Waals surface area contributed by atoms with Crippen LogP contribution in [0, 0.1) is 5.82 Å². The number of halogens is 1. The van der Waals surface area contributed by atoms with Gasteiger partial charge in [-0.3, -0.25) is 14.4 Å². The number of hydrogen-bond donors (Lipinski definition) is 3. The van der Waals surface area contributed by atoms with E-state index >= 15 is 0 Å². The fourth-order valence-electron chi connectivity index (χ4n) is 2.44. The third kappa shape index (κ3) is 5.42. The number of benzene rings is 2. The van der Waals surface area contributed by atoms with Gasteiger partial charge in [0.05, 0.1) is 6.42 Å². The van der Waals surface area contributed by atoms with Gasteiger partial charge in [0.1, 0.15) is 5.82 Å². The second-order valence-electron chi connectivity index (χ2n) is 5.54. The number of carbonyl (C=O) groups is 3. The highest BCUT2D eigenvalue weighted by Crippen LogP contribution is 2.24. The van der Waals surface area contributed by atoms with E-state index in [-0.39, 0.29) is 18.4 Å². The van der Waals surface area contributed by atoms with Gasteiger partial charge in [-0.2, -0.15) is 0 Å². The number of amides is 2. The summed E-state index contributed by atoms with van der Waals surface area (Å²) in [6.45, 7) is 0. The van der Waals surface area contributed by atoms with Crippen molar-refractivity contribution in [1.29, 1.82) is 0 Å². The molecule has 6 nitrogen and oxygen atoms in total. The van der Waals surface area contributed by atoms with E-state index in [9.17, 15) is 18.8 Å². The number of nitrogens with two attached hydrogens (primary N) is 1. The molecular weight excluding hydrogens is 327 g/mol. The first kappa shape index (κ1) is 18.1. The number of rotatable bonds is 7. The van der Waals surface area contributed by atoms with Gasteiger partial charge >= 0.3 is 5.97 Å². The number of carboxylic acid groups (broad SMARTS) is 1. The van der Waals surface area contributed by atoms with Gasteiger partial charge in [0.25, 0.3) is 0 Å². The summed E-state index contributed by atoms with van der Waals surface area (Å²) in [5.74, 6) is -3.14. The first-order valence-corrected chi connectivity index (χ1v) is 7.52. The van der Waals surface area contributed by atoms with Crippen molar-refractivity contribution in [1.82, 2.24) is 0 Å². The largest absolute Gasteiger partial charge is 0.481 e. The van der Waals surface area contributed by atoms with Gasteiger partial charge in [0, 0.05) is 23.6 Å². The maximum absolute atomic E-state index is 13.0. The van der Waals surface area contributed by atoms with E-state index in [1.165, 1.54) is 36.4 Å². The number of aliphatic carboxylic acids is 1. The summed E-state index contributed by atoms with van der Waals surface area (Å²) in [5.41, 5.74) is 6.38. The fraction of sp³-hybridized carbons (Fsp3) is 0.167. The Morgan fingerprint density at radius 1 is 1.08 bits per heavy atom. The zero-order valence-corrected chi connectivity index (χ0v) is 13.2. The predicted molar refractivity (Wildman–Crippen MR) is 89.6 cm³/mol. The van der Waals surface area contributed by atoms with Crippen molar-refractivity contribution in [2.24, 2.45) is 5.73 Å². The maximum atomic E-state index is 13.0. The number of hydrogen-bond acceptors (Lipinski definition) is 3. The Hall–Kier alpha value is -3.22. The zero-order chi connectivity index (χ0) is 18.4. The quantitative estimate of drug-likeness (QED) is 0.717. The van der Waals surface area contributed by atoms with E-state index in [2.05, 4.69) is 5.32 Å². The summed E-state index contributed by atoms with van der Waals surface area (Å²) in [7, 11) is 0. The molecule has 0 saturated heterocycles. The molecule has 0 fully saturated rings. The Balaban J connectivity index is 2.11. The molecule has 1 atom stereocenters. The molecule has 0 aliphatic rings. The summed E-state index contributed by atoms with van der Waals surface area (Å²) >= 11 is 0. The molecule has 4 N–H and O–H groups in total. The minimum Gasteiger partial charge on any atom is -0.481 e. The van der Waals surface area contributed by atoms with Gasteiger partial charge in [-0.1, -0.05) is 18.2 Å². The van der Waals surface area contributed by atoms with Crippen LogP contribution in [0.25, 0.3) is 0 Å². The van der Waals surface area contributed by atoms with Crippen molar-refractivity contribution >= 4 is 23.5 Å². The molecule has 2 aromatic carbocycles. The molecule has 0 aliphatic carbocycles. The van der Waals surface area contributed by atoms with Crippen LogP contribution in [0.2, 0.25) is 0 Å². The summed E-state index contributed by atoms with van der Waals surface area (Å²) in [4.78, 5) is 34.4. The van der Waals surface area contributed by atoms with Crippen LogP contribution < -0.4 is 11.1 Å². The Kier molecular flexibility index (Phi) is 5.84. The highest BCUT2D eigenvalue weighted by Gasteiger charge is 2.20. The summed E-state index contributed by atoms with van der Waals surface area (Å²) < 4.78 is 13.0. The predicted octanol–water partition coefficient (Wildman–Crippen LogP) is 2.51. The average molecular weight is 344 g/mol. The van der Waals surface area contributed by atoms with Crippen molar-refractivity contribution in [2.45, 2.75) is 18.8 Å². The lowest BCUT2D eigenvalue weighted by Crippen LogP contribution is -2.18. The molecule has 0 saturated carbocycles. The van der Waals surface area contributed by atoms with Crippen molar-refractivity contribution in [3.63, 3.8) is 0 Å². The molecule has 2 amide bonds. The van der Waals surface area contributed by atoms with Crippen LogP contribution in [0.15, 0.2) is 48.5 Å². The molecule has 7 heteroatoms. The van der Waals surface area contributed by atoms with Crippen molar-refractivity contribution in [3.05, 3.63) is 65.5 Å². The fourth-order valence-corrected chi connectivity index (χ4v) is 2.44. The highest BCUT2D eigenvalue weighted by atomic mass is 19.1. The molecule has 0 aliphatic heterocycles.